The number of halogens is 1. The molecule has 4 rings (SSSR count). The summed E-state index contributed by atoms with van der Waals surface area (Å²) in [4.78, 5) is 29.8. The van der Waals surface area contributed by atoms with Crippen LogP contribution in [-0.2, 0) is 20.6 Å². The monoisotopic (exact) mass is 540 g/mol. The van der Waals surface area contributed by atoms with Crippen molar-refractivity contribution in [3.63, 3.8) is 0 Å². The Kier molecular flexibility index (Phi) is 7.17. The summed E-state index contributed by atoms with van der Waals surface area (Å²) in [6, 6.07) is 15.0. The first-order chi connectivity index (χ1) is 16.8. The molecule has 182 valence electrons. The summed E-state index contributed by atoms with van der Waals surface area (Å²) in [5.41, 5.74) is 3.97. The molecule has 0 aliphatic carbocycles. The van der Waals surface area contributed by atoms with E-state index in [9.17, 15) is 14.7 Å². The summed E-state index contributed by atoms with van der Waals surface area (Å²) in [5.74, 6) is 0.874. The first kappa shape index (κ1) is 24.4. The SMILES string of the molecule is Cc1ccccc1OCC(O)Cn1c(N/N=C\c2ccc(Br)cc2)nc2c1c(=O)n(C)c(=O)n2C. The third kappa shape index (κ3) is 5.20. The van der Waals surface area contributed by atoms with Crippen LogP contribution in [0, 0.1) is 6.92 Å². The van der Waals surface area contributed by atoms with Crippen LogP contribution in [0.5, 0.6) is 5.75 Å². The van der Waals surface area contributed by atoms with Crippen LogP contribution >= 0.6 is 15.9 Å². The quantitative estimate of drug-likeness (QED) is 0.262. The number of aliphatic hydroxyl groups is 1. The van der Waals surface area contributed by atoms with Gasteiger partial charge in [-0.05, 0) is 36.2 Å². The first-order valence-electron chi connectivity index (χ1n) is 10.8. The van der Waals surface area contributed by atoms with Gasteiger partial charge in [0.1, 0.15) is 18.5 Å². The van der Waals surface area contributed by atoms with Crippen molar-refractivity contribution in [1.29, 1.82) is 0 Å². The Morgan fingerprint density at radius 2 is 1.86 bits per heavy atom. The van der Waals surface area contributed by atoms with E-state index in [1.807, 2.05) is 55.5 Å². The molecule has 11 heteroatoms. The van der Waals surface area contributed by atoms with E-state index in [4.69, 9.17) is 4.74 Å². The van der Waals surface area contributed by atoms with Crippen LogP contribution in [0.15, 0.2) is 67.7 Å². The number of ether oxygens (including phenoxy) is 1. The summed E-state index contributed by atoms with van der Waals surface area (Å²) in [6.45, 7) is 1.91. The molecule has 0 radical (unpaired) electrons. The number of para-hydroxylation sites is 1. The minimum atomic E-state index is -0.968. The molecule has 0 aliphatic rings. The molecule has 0 bridgehead atoms. The van der Waals surface area contributed by atoms with Crippen LogP contribution in [0.1, 0.15) is 11.1 Å². The van der Waals surface area contributed by atoms with E-state index in [2.05, 4.69) is 31.4 Å². The second-order valence-electron chi connectivity index (χ2n) is 8.08. The summed E-state index contributed by atoms with van der Waals surface area (Å²) in [5, 5.41) is 15.0. The molecular formula is C24H25BrN6O4. The lowest BCUT2D eigenvalue weighted by molar-refractivity contribution is 0.0935. The fourth-order valence-corrected chi connectivity index (χ4v) is 3.86. The maximum absolute atomic E-state index is 13.0. The number of anilines is 1. The highest BCUT2D eigenvalue weighted by atomic mass is 79.9. The van der Waals surface area contributed by atoms with Gasteiger partial charge in [0.25, 0.3) is 5.56 Å². The number of benzene rings is 2. The van der Waals surface area contributed by atoms with Gasteiger partial charge in [0.15, 0.2) is 11.2 Å². The summed E-state index contributed by atoms with van der Waals surface area (Å²) < 4.78 is 10.5. The highest BCUT2D eigenvalue weighted by Gasteiger charge is 2.21. The molecule has 0 saturated carbocycles. The van der Waals surface area contributed by atoms with Crippen molar-refractivity contribution in [1.82, 2.24) is 18.7 Å². The number of nitrogens with one attached hydrogen (secondary N) is 1. The zero-order chi connectivity index (χ0) is 25.1. The Balaban J connectivity index is 1.66. The van der Waals surface area contributed by atoms with E-state index in [1.165, 1.54) is 23.2 Å². The van der Waals surface area contributed by atoms with Gasteiger partial charge in [-0.15, -0.1) is 0 Å². The zero-order valence-corrected chi connectivity index (χ0v) is 21.1. The normalized spacial score (nSPS) is 12.4. The fraction of sp³-hybridized carbons (Fsp3) is 0.250. The fourth-order valence-electron chi connectivity index (χ4n) is 3.59. The number of aryl methyl sites for hydroxylation is 2. The van der Waals surface area contributed by atoms with E-state index < -0.39 is 17.4 Å². The predicted molar refractivity (Wildman–Crippen MR) is 138 cm³/mol. The summed E-state index contributed by atoms with van der Waals surface area (Å²) >= 11 is 3.39. The van der Waals surface area contributed by atoms with Crippen LogP contribution < -0.4 is 21.4 Å². The predicted octanol–water partition coefficient (Wildman–Crippen LogP) is 2.39. The van der Waals surface area contributed by atoms with E-state index in [0.29, 0.717) is 5.75 Å². The van der Waals surface area contributed by atoms with Crippen molar-refractivity contribution in [3.8, 4) is 5.75 Å². The topological polar surface area (TPSA) is 116 Å². The standard InChI is InChI=1S/C24H25BrN6O4/c1-15-6-4-5-7-19(15)35-14-18(32)13-31-20-21(29(2)24(34)30(3)22(20)33)27-23(31)28-26-12-16-8-10-17(25)11-9-16/h4-12,18,32H,13-14H2,1-3H3,(H,27,28)/b26-12-. The summed E-state index contributed by atoms with van der Waals surface area (Å²) in [7, 11) is 2.94. The Bertz CT molecular complexity index is 1500. The van der Waals surface area contributed by atoms with Crippen molar-refractivity contribution in [2.24, 2.45) is 19.2 Å². The number of nitrogens with zero attached hydrogens (tertiary/aromatic N) is 5. The molecule has 0 fully saturated rings. The molecule has 1 unspecified atom stereocenters. The van der Waals surface area contributed by atoms with E-state index >= 15 is 0 Å². The Hall–Kier alpha value is -3.70. The highest BCUT2D eigenvalue weighted by Crippen LogP contribution is 2.19. The average Bonchev–Trinajstić information content (AvgIpc) is 3.20. The van der Waals surface area contributed by atoms with Gasteiger partial charge < -0.3 is 14.4 Å². The number of hydrazone groups is 1. The second-order valence-corrected chi connectivity index (χ2v) is 8.99. The van der Waals surface area contributed by atoms with Gasteiger partial charge in [-0.25, -0.2) is 10.2 Å². The van der Waals surface area contributed by atoms with Gasteiger partial charge in [0.05, 0.1) is 12.8 Å². The number of aromatic nitrogens is 4. The molecule has 35 heavy (non-hydrogen) atoms. The number of aliphatic hydroxyl groups excluding tert-OH is 1. The van der Waals surface area contributed by atoms with Crippen molar-refractivity contribution in [3.05, 3.63) is 85.0 Å². The average molecular weight is 541 g/mol. The van der Waals surface area contributed by atoms with Crippen LogP contribution in [0.4, 0.5) is 5.95 Å². The number of imidazole rings is 1. The van der Waals surface area contributed by atoms with Crippen LogP contribution in [0.3, 0.4) is 0 Å². The molecule has 0 spiro atoms. The van der Waals surface area contributed by atoms with Crippen LogP contribution in [0.25, 0.3) is 11.2 Å². The van der Waals surface area contributed by atoms with Crippen molar-refractivity contribution in [2.45, 2.75) is 19.6 Å². The third-order valence-corrected chi connectivity index (χ3v) is 6.04. The van der Waals surface area contributed by atoms with Gasteiger partial charge in [0.2, 0.25) is 5.95 Å². The van der Waals surface area contributed by atoms with Gasteiger partial charge >= 0.3 is 5.69 Å². The van der Waals surface area contributed by atoms with Gasteiger partial charge in [-0.1, -0.05) is 46.3 Å². The second kappa shape index (κ2) is 10.3. The maximum atomic E-state index is 13.0. The first-order valence-corrected chi connectivity index (χ1v) is 11.6. The lowest BCUT2D eigenvalue weighted by Crippen LogP contribution is -2.38. The molecular weight excluding hydrogens is 516 g/mol. The Labute approximate surface area is 209 Å². The molecule has 0 aliphatic heterocycles. The molecule has 0 saturated heterocycles. The lowest BCUT2D eigenvalue weighted by atomic mass is 10.2. The van der Waals surface area contributed by atoms with Crippen molar-refractivity contribution < 1.29 is 9.84 Å². The number of hydrogen-bond acceptors (Lipinski definition) is 7. The largest absolute Gasteiger partial charge is 0.491 e. The molecule has 1 atom stereocenters. The Morgan fingerprint density at radius 3 is 2.57 bits per heavy atom. The van der Waals surface area contributed by atoms with Gasteiger partial charge in [0, 0.05) is 18.6 Å². The highest BCUT2D eigenvalue weighted by molar-refractivity contribution is 9.10. The van der Waals surface area contributed by atoms with Gasteiger partial charge in [-0.3, -0.25) is 13.9 Å². The van der Waals surface area contributed by atoms with E-state index in [-0.39, 0.29) is 30.3 Å². The third-order valence-electron chi connectivity index (χ3n) is 5.51. The lowest BCUT2D eigenvalue weighted by Gasteiger charge is -2.16. The molecule has 2 aromatic heterocycles. The van der Waals surface area contributed by atoms with Crippen LogP contribution in [-0.4, -0.2) is 42.7 Å². The molecule has 2 heterocycles. The smallest absolute Gasteiger partial charge is 0.332 e. The number of hydrogen-bond donors (Lipinski definition) is 2. The number of fused-ring (bicyclic) bond motifs is 1. The Morgan fingerprint density at radius 1 is 1.14 bits per heavy atom. The molecule has 10 nitrogen and oxygen atoms in total. The van der Waals surface area contributed by atoms with E-state index in [0.717, 1.165) is 20.2 Å². The minimum Gasteiger partial charge on any atom is -0.491 e. The molecule has 0 amide bonds. The molecule has 2 N–H and O–H groups in total. The van der Waals surface area contributed by atoms with Crippen molar-refractivity contribution in [2.75, 3.05) is 12.0 Å². The minimum absolute atomic E-state index is 0.00178. The van der Waals surface area contributed by atoms with Gasteiger partial charge in [-0.2, -0.15) is 10.1 Å². The van der Waals surface area contributed by atoms with Crippen LogP contribution in [0.2, 0.25) is 0 Å². The van der Waals surface area contributed by atoms with Crippen molar-refractivity contribution >= 4 is 39.3 Å². The molecule has 2 aromatic carbocycles. The maximum Gasteiger partial charge on any atom is 0.332 e. The number of rotatable bonds is 8. The van der Waals surface area contributed by atoms with E-state index in [1.54, 1.807) is 6.21 Å². The molecule has 4 aromatic rings. The summed E-state index contributed by atoms with van der Waals surface area (Å²) in [6.07, 6.45) is 0.635. The zero-order valence-electron chi connectivity index (χ0n) is 19.5.